The summed E-state index contributed by atoms with van der Waals surface area (Å²) >= 11 is 0. The first-order valence-corrected chi connectivity index (χ1v) is 46.9. The Morgan fingerprint density at radius 1 is 0.756 bits per heavy atom. The molecule has 0 unspecified atom stereocenters. The summed E-state index contributed by atoms with van der Waals surface area (Å²) < 4.78 is 156. The number of alkyl halides is 2. The number of unbranched alkanes of at least 4 members (excludes halogenated alkanes) is 2. The average Bonchev–Trinajstić information content (AvgIpc) is 1.48. The van der Waals surface area contributed by atoms with Crippen molar-refractivity contribution in [2.75, 3.05) is 109 Å². The van der Waals surface area contributed by atoms with Crippen molar-refractivity contribution in [2.24, 2.45) is 5.92 Å². The molecule has 1 aliphatic carbocycles. The molecule has 5 aromatic carbocycles. The van der Waals surface area contributed by atoms with Crippen molar-refractivity contribution in [2.45, 2.75) is 167 Å². The van der Waals surface area contributed by atoms with Gasteiger partial charge in [-0.05, 0) is 140 Å². The van der Waals surface area contributed by atoms with E-state index < -0.39 is 102 Å². The number of aryl methyl sites for hydroxylation is 2. The van der Waals surface area contributed by atoms with Gasteiger partial charge >= 0.3 is 99.3 Å². The number of carbonyl (C=O) groups is 6. The van der Waals surface area contributed by atoms with E-state index in [-0.39, 0.29) is 184 Å². The molecule has 6 aromatic rings. The van der Waals surface area contributed by atoms with E-state index in [0.29, 0.717) is 127 Å². The van der Waals surface area contributed by atoms with Crippen LogP contribution in [0.3, 0.4) is 0 Å². The number of rotatable bonds is 43. The Kier molecular flexibility index (Phi) is 41.7. The third kappa shape index (κ3) is 31.2. The molecule has 2 fully saturated rings. The van der Waals surface area contributed by atoms with Crippen molar-refractivity contribution < 1.29 is 193 Å². The van der Waals surface area contributed by atoms with E-state index in [9.17, 15) is 68.8 Å². The van der Waals surface area contributed by atoms with Crippen LogP contribution in [0.2, 0.25) is 0 Å². The second-order valence-electron chi connectivity index (χ2n) is 33.3. The quantitative estimate of drug-likeness (QED) is 0.0122. The minimum absolute atomic E-state index is 0. The van der Waals surface area contributed by atoms with Crippen LogP contribution < -0.4 is 120 Å². The van der Waals surface area contributed by atoms with E-state index in [4.69, 9.17) is 36.3 Å². The number of anilines is 1. The molecule has 6 aliphatic rings. The maximum atomic E-state index is 14.1. The maximum Gasteiger partial charge on any atom is 1.00 e. The number of aromatic nitrogens is 3. The number of hydrogen-bond donors (Lipinski definition) is 4. The molecule has 40 heteroatoms. The van der Waals surface area contributed by atoms with Gasteiger partial charge in [0.2, 0.25) is 29.5 Å². The Morgan fingerprint density at radius 3 is 2.10 bits per heavy atom. The van der Waals surface area contributed by atoms with Gasteiger partial charge in [0.1, 0.15) is 41.5 Å². The summed E-state index contributed by atoms with van der Waals surface area (Å²) in [6, 6.07) is 35.2. The number of ether oxygens (including phenoxy) is 5. The molecule has 6 amide bonds. The van der Waals surface area contributed by atoms with Gasteiger partial charge in [0.05, 0.1) is 98.4 Å². The number of nitriles is 1. The summed E-state index contributed by atoms with van der Waals surface area (Å²) in [6.07, 6.45) is 13.9. The Bertz CT molecular complexity index is 5610. The molecule has 6 heterocycles. The van der Waals surface area contributed by atoms with Crippen LogP contribution in [0.1, 0.15) is 154 Å². The van der Waals surface area contributed by atoms with Gasteiger partial charge in [-0.2, -0.15) is 23.5 Å². The number of amides is 6. The van der Waals surface area contributed by atoms with Crippen LogP contribution >= 0.6 is 0 Å². The van der Waals surface area contributed by atoms with Crippen molar-refractivity contribution >= 4 is 83.4 Å². The van der Waals surface area contributed by atoms with Crippen LogP contribution in [-0.4, -0.2) is 231 Å². The van der Waals surface area contributed by atoms with E-state index in [1.165, 1.54) is 0 Å². The maximum absolute atomic E-state index is 14.1. The fourth-order valence-electron chi connectivity index (χ4n) is 16.7. The van der Waals surface area contributed by atoms with Crippen molar-refractivity contribution in [1.29, 1.82) is 5.26 Å². The number of halogens is 2. The topological polar surface area (TPSA) is 430 Å². The number of nitrogens with one attached hydrogen (secondary N) is 4. The first-order chi connectivity index (χ1) is 61.0. The zero-order valence-electron chi connectivity index (χ0n) is 75.3. The molecule has 2 saturated heterocycles. The van der Waals surface area contributed by atoms with Crippen molar-refractivity contribution in [1.82, 2.24) is 46.1 Å². The molecule has 12 rings (SSSR count). The van der Waals surface area contributed by atoms with E-state index in [2.05, 4.69) is 124 Å². The van der Waals surface area contributed by atoms with Crippen LogP contribution in [0.15, 0.2) is 156 Å². The van der Waals surface area contributed by atoms with Crippen molar-refractivity contribution in [3.8, 4) is 23.1 Å². The predicted octanol–water partition coefficient (Wildman–Crippen LogP) is -0.634. The molecule has 0 radical (unpaired) electrons. The van der Waals surface area contributed by atoms with Gasteiger partial charge in [-0.1, -0.05) is 105 Å². The van der Waals surface area contributed by atoms with Crippen LogP contribution in [0.4, 0.5) is 20.2 Å². The molecule has 5 aliphatic heterocycles. The van der Waals surface area contributed by atoms with Gasteiger partial charge in [-0.15, -0.1) is 23.8 Å². The first-order valence-electron chi connectivity index (χ1n) is 42.7. The molecule has 0 bridgehead atoms. The Morgan fingerprint density at radius 2 is 1.41 bits per heavy atom. The minimum atomic E-state index is -4.36. The van der Waals surface area contributed by atoms with E-state index in [1.54, 1.807) is 46.1 Å². The van der Waals surface area contributed by atoms with Gasteiger partial charge in [0.15, 0.2) is 5.71 Å². The van der Waals surface area contributed by atoms with Crippen molar-refractivity contribution in [3.05, 3.63) is 207 Å². The Labute approximate surface area is 831 Å². The molecule has 3 atom stereocenters. The third-order valence-electron chi connectivity index (χ3n) is 23.2. The second kappa shape index (κ2) is 50.5. The molecule has 0 spiro atoms. The van der Waals surface area contributed by atoms with Gasteiger partial charge < -0.3 is 68.8 Å². The number of allylic oxidation sites excluding steroid dienone is 7. The summed E-state index contributed by atoms with van der Waals surface area (Å²) in [5.41, 5.74) is 13.9. The fraction of sp³-hybridized carbons (Fsp3) is 0.473. The van der Waals surface area contributed by atoms with Crippen LogP contribution in [0.5, 0.6) is 5.75 Å². The summed E-state index contributed by atoms with van der Waals surface area (Å²) in [7, 11) is -11.8. The largest absolute Gasteiger partial charge is 1.00 e. The van der Waals surface area contributed by atoms with Gasteiger partial charge in [0.25, 0.3) is 11.8 Å². The summed E-state index contributed by atoms with van der Waals surface area (Å²) in [5, 5.41) is 29.1. The third-order valence-corrected chi connectivity index (χ3v) is 24.8. The van der Waals surface area contributed by atoms with E-state index in [1.807, 2.05) is 60.7 Å². The predicted molar refractivity (Wildman–Crippen MR) is 465 cm³/mol. The molecule has 32 nitrogen and oxygen atoms in total. The molecule has 0 saturated carbocycles. The Hall–Kier alpha value is -8.08. The summed E-state index contributed by atoms with van der Waals surface area (Å²) in [4.78, 5) is 82.7. The molecule has 686 valence electrons. The summed E-state index contributed by atoms with van der Waals surface area (Å²) in [5.74, 6) is -5.83. The number of nitrogens with zero attached hydrogens (tertiary/aromatic N) is 8. The van der Waals surface area contributed by atoms with Gasteiger partial charge in [-0.25, -0.2) is 34.9 Å². The molecular formula is C91H108F2N12Na3O20S3+. The SMILES string of the molecule is Cc1ccc2c(c1)C(C)(C)C(=CC=C1CCCC(C=CC3=[N+](CCCCS(=O)(=O)[O-])c4cc[c-]cc4C3(C)C)=C1Oc1ccc(CCC(=O)NCCOCCOCCOCCOCCC(=O)NCCNC(=O)c3ccc(-c4cn(Cc5cccc6c5CN(C(=O)C[C@@H]5C[C@@H](C(=O)N7CC(F)(F)C[C@H]7C#N)NC5=O)C6)nn4)cc3)cc1)N2CCCCS(=O)(=O)[O-].O=S(=O)=O.[Na+].[Na+].[Na+]. The smallest absolute Gasteiger partial charge is 0.748 e. The fourth-order valence-corrected chi connectivity index (χ4v) is 17.8. The van der Waals surface area contributed by atoms with Gasteiger partial charge in [0, 0.05) is 128 Å². The van der Waals surface area contributed by atoms with E-state index >= 15 is 0 Å². The number of fused-ring (bicyclic) bond motifs is 3. The monoisotopic (exact) mass is 1890 g/mol. The number of hydrogen-bond acceptors (Lipinski definition) is 24. The summed E-state index contributed by atoms with van der Waals surface area (Å²) in [6.45, 7) is 14.9. The van der Waals surface area contributed by atoms with Crippen LogP contribution in [0.25, 0.3) is 11.3 Å². The first kappa shape index (κ1) is 108. The Balaban J connectivity index is 0.00000296. The molecule has 1 aromatic heterocycles. The normalized spacial score (nSPS) is 18.1. The number of likely N-dealkylation sites (tertiary alicyclic amines) is 1. The average molecular weight is 1890 g/mol. The van der Waals surface area contributed by atoms with Crippen molar-refractivity contribution in [3.63, 3.8) is 0 Å². The zero-order chi connectivity index (χ0) is 91.9. The van der Waals surface area contributed by atoms with Crippen LogP contribution in [0, 0.1) is 30.2 Å². The number of carbonyl (C=O) groups excluding carboxylic acids is 6. The standard InChI is InChI=1S/C91H110F2N12O17S2.3Na.O3S/c1-62-20-32-79-75(52-62)90(4,5)81(104(79)41-9-11-51-124(115,116)117)34-29-66-15-12-14-65(28-33-80-89(2,3)74-18-6-7-19-78(74)103(80)40-8-10-50-123(112,113)114)85(66)122-72-30-21-63(22-31-72)23-35-82(106)96-39-43-119-45-47-121-49-48-120-46-44-118-42-36-83(107)95-37-38-97-86(109)67-26-24-64(25-27-67)77-60-102(100-99-77)58-69-17-13-16-68-57-101(59-73(68)69)84(108)54-70-53-76(98-87(70)110)88(111)105-61-91(92,93)55-71(105)56-94;;;;1-4(2)3/h7,13,16-22,24-34,52,60,70-71,76H,8-12,14-15,23,35-51,53-55,57-59,61H2,1-5H3,(H,95,107)(H,96,106)(H,97,109)(H,98,110)(H,112,113,114)(H,115,116,117);;;;/q;3*+1;/p-2/t70-,71-,76-;;;;/m0..../s1. The molecule has 4 N–H and O–H groups in total. The molecule has 131 heavy (non-hydrogen) atoms. The number of benzene rings is 5. The zero-order valence-corrected chi connectivity index (χ0v) is 83.7. The van der Waals surface area contributed by atoms with Crippen LogP contribution in [-0.2, 0) is 111 Å². The van der Waals surface area contributed by atoms with Gasteiger partial charge in [-0.3, -0.25) is 28.8 Å². The minimum Gasteiger partial charge on any atom is -0.748 e. The van der Waals surface area contributed by atoms with E-state index in [0.717, 1.165) is 89.8 Å². The molecular weight excluding hydrogens is 1780 g/mol. The second-order valence-corrected chi connectivity index (χ2v) is 36.7.